The lowest BCUT2D eigenvalue weighted by Crippen LogP contribution is -2.35. The maximum Gasteiger partial charge on any atom is 0.312 e. The largest absolute Gasteiger partial charge is 0.484 e. The van der Waals surface area contributed by atoms with Crippen LogP contribution in [0.2, 0.25) is 0 Å². The highest BCUT2D eigenvalue weighted by molar-refractivity contribution is 8.00. The number of amides is 1. The molecule has 2 aromatic rings. The van der Waals surface area contributed by atoms with Gasteiger partial charge in [-0.1, -0.05) is 66.8 Å². The molecule has 2 aromatic carbocycles. The number of ether oxygens (including phenoxy) is 1. The summed E-state index contributed by atoms with van der Waals surface area (Å²) in [6, 6.07) is 17.7. The summed E-state index contributed by atoms with van der Waals surface area (Å²) in [5.74, 6) is 0.103. The smallest absolute Gasteiger partial charge is 0.312 e. The van der Waals surface area contributed by atoms with Gasteiger partial charge in [0.05, 0.1) is 5.92 Å². The summed E-state index contributed by atoms with van der Waals surface area (Å²) in [4.78, 5) is 25.9. The Balaban J connectivity index is 1.46. The first-order valence-corrected chi connectivity index (χ1v) is 12.2. The molecule has 1 aliphatic rings. The van der Waals surface area contributed by atoms with Gasteiger partial charge in [0.1, 0.15) is 5.75 Å². The van der Waals surface area contributed by atoms with Gasteiger partial charge in [0, 0.05) is 17.8 Å². The number of likely N-dealkylation sites (N-methyl/N-ethyl adjacent to an activating group) is 1. The fourth-order valence-electron chi connectivity index (χ4n) is 3.74. The molecule has 0 radical (unpaired) electrons. The molecule has 33 heavy (non-hydrogen) atoms. The number of carbonyl (C=O) groups is 2. The molecule has 5 nitrogen and oxygen atoms in total. The van der Waals surface area contributed by atoms with E-state index in [1.54, 1.807) is 28.8 Å². The third-order valence-corrected chi connectivity index (χ3v) is 7.19. The van der Waals surface area contributed by atoms with Gasteiger partial charge in [-0.3, -0.25) is 9.59 Å². The molecular weight excluding hydrogens is 434 g/mol. The first kappa shape index (κ1) is 24.6. The van der Waals surface area contributed by atoms with Crippen LogP contribution in [0.5, 0.6) is 5.75 Å². The number of aryl methyl sites for hydroxylation is 1. The Morgan fingerprint density at radius 1 is 1.06 bits per heavy atom. The van der Waals surface area contributed by atoms with Crippen molar-refractivity contribution in [3.63, 3.8) is 0 Å². The molecule has 0 aliphatic heterocycles. The molecule has 1 amide bonds. The second-order valence-electron chi connectivity index (χ2n) is 8.17. The van der Waals surface area contributed by atoms with Crippen LogP contribution in [0.25, 0.3) is 0 Å². The molecule has 2 atom stereocenters. The van der Waals surface area contributed by atoms with Crippen LogP contribution in [-0.2, 0) is 22.6 Å². The van der Waals surface area contributed by atoms with Crippen LogP contribution in [0.1, 0.15) is 25.0 Å². The Morgan fingerprint density at radius 2 is 1.79 bits per heavy atom. The predicted molar refractivity (Wildman–Crippen MR) is 133 cm³/mol. The van der Waals surface area contributed by atoms with Gasteiger partial charge in [0.15, 0.2) is 6.61 Å². The average molecular weight is 466 g/mol. The molecule has 174 valence electrons. The van der Waals surface area contributed by atoms with Crippen LogP contribution in [0.3, 0.4) is 0 Å². The Morgan fingerprint density at radius 3 is 2.45 bits per heavy atom. The summed E-state index contributed by atoms with van der Waals surface area (Å²) >= 11 is 1.66. The van der Waals surface area contributed by atoms with Gasteiger partial charge in [0.2, 0.25) is 0 Å². The van der Waals surface area contributed by atoms with Gasteiger partial charge in [0.25, 0.3) is 5.91 Å². The maximum atomic E-state index is 12.6. The molecule has 0 fully saturated rings. The average Bonchev–Trinajstić information content (AvgIpc) is 2.82. The Hall–Kier alpha value is -2.99. The van der Waals surface area contributed by atoms with Gasteiger partial charge in [-0.25, -0.2) is 0 Å². The van der Waals surface area contributed by atoms with E-state index in [0.29, 0.717) is 18.8 Å². The van der Waals surface area contributed by atoms with Crippen molar-refractivity contribution in [2.24, 2.45) is 5.92 Å². The lowest BCUT2D eigenvalue weighted by molar-refractivity contribution is -0.140. The summed E-state index contributed by atoms with van der Waals surface area (Å²) in [5.41, 5.74) is 2.24. The minimum atomic E-state index is -0.799. The molecule has 0 bridgehead atoms. The normalized spacial score (nSPS) is 19.3. The van der Waals surface area contributed by atoms with Crippen molar-refractivity contribution >= 4 is 23.6 Å². The van der Waals surface area contributed by atoms with Crippen molar-refractivity contribution in [3.8, 4) is 5.75 Å². The fourth-order valence-corrected chi connectivity index (χ4v) is 5.05. The highest BCUT2D eigenvalue weighted by Crippen LogP contribution is 2.38. The van der Waals surface area contributed by atoms with Crippen LogP contribution in [0, 0.1) is 5.92 Å². The van der Waals surface area contributed by atoms with E-state index in [1.165, 1.54) is 0 Å². The standard InChI is InChI=1S/C27H31NO4S/c1-3-28(19-22-9-5-4-6-10-22)25(29)20-32-23-14-12-21(13-15-23)16-18-33-27(2)17-8-7-11-24(27)26(30)31/h4-15,17,24H,3,16,18-20H2,1-2H3,(H,30,31). The SMILES string of the molecule is CCN(Cc1ccccc1)C(=O)COc1ccc(CCSC2(C)C=CC=CC2C(=O)O)cc1. The molecule has 0 saturated heterocycles. The van der Waals surface area contributed by atoms with Crippen LogP contribution in [0.4, 0.5) is 0 Å². The number of aliphatic carboxylic acids is 1. The zero-order valence-electron chi connectivity index (χ0n) is 19.1. The molecule has 1 N–H and O–H groups in total. The summed E-state index contributed by atoms with van der Waals surface area (Å²) in [7, 11) is 0. The molecule has 3 rings (SSSR count). The number of hydrogen-bond acceptors (Lipinski definition) is 4. The number of benzene rings is 2. The molecule has 2 unspecified atom stereocenters. The number of carbonyl (C=O) groups excluding carboxylic acids is 1. The molecule has 0 saturated carbocycles. The number of rotatable bonds is 11. The van der Waals surface area contributed by atoms with Crippen molar-refractivity contribution in [2.45, 2.75) is 31.6 Å². The van der Waals surface area contributed by atoms with E-state index in [9.17, 15) is 14.7 Å². The summed E-state index contributed by atoms with van der Waals surface area (Å²) in [6.45, 7) is 5.14. The fraction of sp³-hybridized carbons (Fsp3) is 0.333. The topological polar surface area (TPSA) is 66.8 Å². The van der Waals surface area contributed by atoms with E-state index in [0.717, 1.165) is 23.3 Å². The highest BCUT2D eigenvalue weighted by atomic mass is 32.2. The van der Waals surface area contributed by atoms with Gasteiger partial charge in [-0.2, -0.15) is 0 Å². The highest BCUT2D eigenvalue weighted by Gasteiger charge is 2.36. The van der Waals surface area contributed by atoms with Gasteiger partial charge in [-0.05, 0) is 49.3 Å². The zero-order chi connectivity index (χ0) is 23.7. The third kappa shape index (κ3) is 6.99. The van der Waals surface area contributed by atoms with E-state index in [2.05, 4.69) is 0 Å². The second kappa shape index (κ2) is 11.8. The monoisotopic (exact) mass is 465 g/mol. The van der Waals surface area contributed by atoms with E-state index in [1.807, 2.05) is 80.6 Å². The second-order valence-corrected chi connectivity index (χ2v) is 9.74. The number of carboxylic acid groups (broad SMARTS) is 1. The predicted octanol–water partition coefficient (Wildman–Crippen LogP) is 4.98. The van der Waals surface area contributed by atoms with Gasteiger partial charge < -0.3 is 14.7 Å². The third-order valence-electron chi connectivity index (χ3n) is 5.77. The van der Waals surface area contributed by atoms with Gasteiger partial charge in [-0.15, -0.1) is 11.8 Å². The van der Waals surface area contributed by atoms with E-state index >= 15 is 0 Å². The summed E-state index contributed by atoms with van der Waals surface area (Å²) in [5, 5.41) is 9.49. The lowest BCUT2D eigenvalue weighted by atomic mass is 9.89. The molecule has 0 spiro atoms. The lowest BCUT2D eigenvalue weighted by Gasteiger charge is -2.32. The quantitative estimate of drug-likeness (QED) is 0.507. The van der Waals surface area contributed by atoms with E-state index < -0.39 is 16.6 Å². The summed E-state index contributed by atoms with van der Waals surface area (Å²) < 4.78 is 5.27. The van der Waals surface area contributed by atoms with E-state index in [-0.39, 0.29) is 12.5 Å². The van der Waals surface area contributed by atoms with Crippen molar-refractivity contribution in [1.82, 2.24) is 4.90 Å². The number of nitrogens with zero attached hydrogens (tertiary/aromatic N) is 1. The maximum absolute atomic E-state index is 12.6. The number of allylic oxidation sites excluding steroid dienone is 2. The number of thioether (sulfide) groups is 1. The molecular formula is C27H31NO4S. The minimum absolute atomic E-state index is 0.00462. The van der Waals surface area contributed by atoms with Crippen LogP contribution in [0.15, 0.2) is 78.9 Å². The molecule has 0 heterocycles. The van der Waals surface area contributed by atoms with Gasteiger partial charge >= 0.3 is 5.97 Å². The van der Waals surface area contributed by atoms with Crippen molar-refractivity contribution in [1.29, 1.82) is 0 Å². The number of carboxylic acids is 1. The Kier molecular flexibility index (Phi) is 8.78. The minimum Gasteiger partial charge on any atom is -0.484 e. The van der Waals surface area contributed by atoms with Crippen molar-refractivity contribution < 1.29 is 19.4 Å². The van der Waals surface area contributed by atoms with Crippen molar-refractivity contribution in [3.05, 3.63) is 90.0 Å². The number of hydrogen-bond donors (Lipinski definition) is 1. The van der Waals surface area contributed by atoms with Crippen molar-refractivity contribution in [2.75, 3.05) is 18.9 Å². The molecule has 0 aromatic heterocycles. The summed E-state index contributed by atoms with van der Waals surface area (Å²) in [6.07, 6.45) is 8.26. The Labute approximate surface area is 200 Å². The van der Waals surface area contributed by atoms with Crippen LogP contribution in [-0.4, -0.2) is 45.5 Å². The van der Waals surface area contributed by atoms with E-state index in [4.69, 9.17) is 4.74 Å². The zero-order valence-corrected chi connectivity index (χ0v) is 20.0. The van der Waals surface area contributed by atoms with Crippen LogP contribution >= 0.6 is 11.8 Å². The van der Waals surface area contributed by atoms with Crippen LogP contribution < -0.4 is 4.74 Å². The molecule has 6 heteroatoms. The first-order valence-electron chi connectivity index (χ1n) is 11.2. The first-order chi connectivity index (χ1) is 15.9. The Bertz CT molecular complexity index is 987. The molecule has 1 aliphatic carbocycles.